The van der Waals surface area contributed by atoms with E-state index in [-0.39, 0.29) is 93.4 Å². The molecule has 0 aromatic heterocycles. The van der Waals surface area contributed by atoms with Crippen LogP contribution in [0.3, 0.4) is 0 Å². The number of rotatable bonds is 17. The van der Waals surface area contributed by atoms with Crippen LogP contribution in [0, 0.1) is 29.6 Å². The van der Waals surface area contributed by atoms with Crippen molar-refractivity contribution in [3.05, 3.63) is 47.6 Å². The summed E-state index contributed by atoms with van der Waals surface area (Å²) in [6, 6.07) is -2.09. The SMILES string of the molecule is COCCOCCS(=O)(=O)N[C@@H]1C[C@H]2CC[C@H](C)[C@](O)(O2)C(=O)C(=O)N2CCCCC2C(=O)OC([C@H](C)C[C@@H]2CC[C@@H](OCCCO)[C@H](OC)C2)CC(=O)C(C)/C=C(/C)C(O)C(OC)C(=O)C(C)CC\C=C/C=C\C=C/1C. The van der Waals surface area contributed by atoms with Gasteiger partial charge in [0.25, 0.3) is 11.7 Å². The topological polar surface area (TPSA) is 260 Å². The first-order chi connectivity index (χ1) is 36.6. The Morgan fingerprint density at radius 1 is 0.870 bits per heavy atom. The van der Waals surface area contributed by atoms with Crippen molar-refractivity contribution in [1.29, 1.82) is 0 Å². The van der Waals surface area contributed by atoms with Gasteiger partial charge >= 0.3 is 5.97 Å². The molecule has 14 atom stereocenters. The number of carbonyl (C=O) groups is 5. The average Bonchev–Trinajstić information content (AvgIpc) is 3.42. The Bertz CT molecular complexity index is 2150. The van der Waals surface area contributed by atoms with Crippen LogP contribution < -0.4 is 4.72 Å². The van der Waals surface area contributed by atoms with Gasteiger partial charge in [-0.1, -0.05) is 69.7 Å². The maximum Gasteiger partial charge on any atom is 0.329 e. The van der Waals surface area contributed by atoms with Crippen LogP contribution in [0.15, 0.2) is 47.6 Å². The number of nitrogens with one attached hydrogen (secondary N) is 1. The average molecular weight is 1110 g/mol. The van der Waals surface area contributed by atoms with Gasteiger partial charge in [-0.2, -0.15) is 0 Å². The maximum atomic E-state index is 14.6. The molecule has 4 rings (SSSR count). The number of methoxy groups -OCH3 is 3. The number of hydrogen-bond donors (Lipinski definition) is 4. The molecule has 1 saturated carbocycles. The highest BCUT2D eigenvalue weighted by atomic mass is 32.2. The number of Topliss-reactive ketones (excluding diaryl/α,β-unsaturated/α-hetero) is 3. The molecule has 0 aromatic carbocycles. The summed E-state index contributed by atoms with van der Waals surface area (Å²) < 4.78 is 70.2. The van der Waals surface area contributed by atoms with E-state index < -0.39 is 87.7 Å². The van der Waals surface area contributed by atoms with E-state index in [4.69, 9.17) is 33.2 Å². The molecule has 4 N–H and O–H groups in total. The smallest absolute Gasteiger partial charge is 0.329 e. The molecule has 0 aromatic rings. The number of esters is 1. The molecule has 77 heavy (non-hydrogen) atoms. The summed E-state index contributed by atoms with van der Waals surface area (Å²) in [5.74, 6) is -9.13. The Labute approximate surface area is 457 Å². The number of hydrogen-bond acceptors (Lipinski definition) is 17. The number of nitrogens with zero attached hydrogens (tertiary/aromatic N) is 1. The van der Waals surface area contributed by atoms with Crippen LogP contribution in [0.2, 0.25) is 0 Å². The maximum absolute atomic E-state index is 14.6. The first kappa shape index (κ1) is 66.0. The zero-order valence-corrected chi connectivity index (χ0v) is 48.0. The van der Waals surface area contributed by atoms with E-state index in [0.717, 1.165) is 11.3 Å². The van der Waals surface area contributed by atoms with Gasteiger partial charge in [-0.05, 0) is 115 Å². The van der Waals surface area contributed by atoms with Crippen LogP contribution in [0.25, 0.3) is 0 Å². The standard InChI is InChI=1S/C57H92N2O17S/c1-37-18-13-11-10-12-14-19-38(2)51(62)53(72-9)52(63)41(5)32-39(3)47(61)36-49(40(4)33-43-22-24-48(50(34-43)71-8)74-27-17-26-60)75-56(66)46-20-15-16-25-59(46)55(65)54(64)57(67)42(6)21-23-44(76-57)35-45(37)58-77(68,69)31-30-73-29-28-70-7/h10-13,18,32,38-40,42-46,48-50,52-53,58,60,63,67H,14-17,19-31,33-36H2,1-9H3/b12-10-,13-11-,37-18-,41-32-/t38?,39?,40-,42+,43+,44-,45-,46?,48-,49?,50-,52?,53?,57+/m1/s1. The Kier molecular flexibility index (Phi) is 28.0. The summed E-state index contributed by atoms with van der Waals surface area (Å²) in [5, 5.41) is 33.0. The Hall–Kier alpha value is -3.54. The molecule has 1 aliphatic carbocycles. The highest BCUT2D eigenvalue weighted by Gasteiger charge is 2.53. The van der Waals surface area contributed by atoms with Crippen LogP contribution in [0.1, 0.15) is 131 Å². The van der Waals surface area contributed by atoms with E-state index in [1.807, 2.05) is 13.0 Å². The highest BCUT2D eigenvalue weighted by Crippen LogP contribution is 2.38. The fourth-order valence-electron chi connectivity index (χ4n) is 10.8. The summed E-state index contributed by atoms with van der Waals surface area (Å²) in [6.45, 7) is 11.2. The van der Waals surface area contributed by atoms with Gasteiger partial charge in [-0.15, -0.1) is 0 Å². The van der Waals surface area contributed by atoms with Gasteiger partial charge in [0.1, 0.15) is 30.1 Å². The minimum Gasteiger partial charge on any atom is -0.460 e. The van der Waals surface area contributed by atoms with Crippen LogP contribution in [-0.2, 0) is 67.2 Å². The molecule has 19 nitrogen and oxygen atoms in total. The van der Waals surface area contributed by atoms with Gasteiger partial charge < -0.3 is 53.4 Å². The van der Waals surface area contributed by atoms with E-state index >= 15 is 0 Å². The van der Waals surface area contributed by atoms with Crippen molar-refractivity contribution in [2.75, 3.05) is 66.7 Å². The Morgan fingerprint density at radius 3 is 2.32 bits per heavy atom. The lowest BCUT2D eigenvalue weighted by atomic mass is 9.78. The minimum absolute atomic E-state index is 0.00799. The lowest BCUT2D eigenvalue weighted by molar-refractivity contribution is -0.264. The predicted octanol–water partition coefficient (Wildman–Crippen LogP) is 5.28. The first-order valence-electron chi connectivity index (χ1n) is 27.8. The van der Waals surface area contributed by atoms with Gasteiger partial charge in [-0.25, -0.2) is 17.9 Å². The van der Waals surface area contributed by atoms with Gasteiger partial charge in [0, 0.05) is 71.3 Å². The van der Waals surface area contributed by atoms with Crippen molar-refractivity contribution >= 4 is 39.2 Å². The van der Waals surface area contributed by atoms with E-state index in [1.54, 1.807) is 72.1 Å². The van der Waals surface area contributed by atoms with E-state index in [2.05, 4.69) is 4.72 Å². The Balaban J connectivity index is 1.71. The van der Waals surface area contributed by atoms with Gasteiger partial charge in [0.2, 0.25) is 15.8 Å². The molecular weight excluding hydrogens is 1020 g/mol. The molecule has 4 aliphatic rings. The van der Waals surface area contributed by atoms with Crippen LogP contribution in [0.5, 0.6) is 0 Å². The van der Waals surface area contributed by atoms with Gasteiger partial charge in [0.15, 0.2) is 5.78 Å². The van der Waals surface area contributed by atoms with Crippen LogP contribution in [0.4, 0.5) is 0 Å². The minimum atomic E-state index is -3.95. The lowest BCUT2D eigenvalue weighted by Gasteiger charge is -2.43. The zero-order valence-electron chi connectivity index (χ0n) is 47.2. The largest absolute Gasteiger partial charge is 0.460 e. The molecule has 3 fully saturated rings. The van der Waals surface area contributed by atoms with Crippen molar-refractivity contribution in [3.63, 3.8) is 0 Å². The molecule has 2 bridgehead atoms. The number of piperidine rings is 1. The highest BCUT2D eigenvalue weighted by molar-refractivity contribution is 7.89. The van der Waals surface area contributed by atoms with Crippen molar-refractivity contribution < 1.29 is 80.9 Å². The lowest BCUT2D eigenvalue weighted by Crippen LogP contribution is -2.61. The monoisotopic (exact) mass is 1110 g/mol. The summed E-state index contributed by atoms with van der Waals surface area (Å²) in [4.78, 5) is 72.7. The molecule has 1 amide bonds. The summed E-state index contributed by atoms with van der Waals surface area (Å²) >= 11 is 0. The molecule has 0 radical (unpaired) electrons. The molecule has 438 valence electrons. The molecular formula is C57H92N2O17S. The zero-order chi connectivity index (χ0) is 56.9. The number of sulfonamides is 1. The van der Waals surface area contributed by atoms with Gasteiger partial charge in [0.05, 0.1) is 43.9 Å². The van der Waals surface area contributed by atoms with Crippen LogP contribution in [-0.4, -0.2) is 179 Å². The molecule has 2 saturated heterocycles. The number of allylic oxidation sites excluding steroid dienone is 6. The van der Waals surface area contributed by atoms with Crippen molar-refractivity contribution in [2.45, 2.75) is 186 Å². The third kappa shape index (κ3) is 19.9. The summed E-state index contributed by atoms with van der Waals surface area (Å²) in [6.07, 6.45) is 11.4. The first-order valence-corrected chi connectivity index (χ1v) is 29.5. The second kappa shape index (κ2) is 32.6. The van der Waals surface area contributed by atoms with E-state index in [0.29, 0.717) is 82.1 Å². The number of aliphatic hydroxyl groups excluding tert-OH is 2. The molecule has 6 unspecified atom stereocenters. The Morgan fingerprint density at radius 2 is 1.62 bits per heavy atom. The number of carbonyl (C=O) groups excluding carboxylic acids is 5. The van der Waals surface area contributed by atoms with Crippen molar-refractivity contribution in [2.24, 2.45) is 29.6 Å². The number of ether oxygens (including phenoxy) is 7. The van der Waals surface area contributed by atoms with Crippen molar-refractivity contribution in [3.8, 4) is 0 Å². The summed E-state index contributed by atoms with van der Waals surface area (Å²) in [5.41, 5.74) is 0.946. The fourth-order valence-corrected chi connectivity index (χ4v) is 12.0. The number of fused-ring (bicyclic) bond motifs is 3. The van der Waals surface area contributed by atoms with Crippen molar-refractivity contribution in [1.82, 2.24) is 9.62 Å². The van der Waals surface area contributed by atoms with E-state index in [1.165, 1.54) is 14.2 Å². The quantitative estimate of drug-likeness (QED) is 0.0625. The predicted molar refractivity (Wildman–Crippen MR) is 289 cm³/mol. The second-order valence-corrected chi connectivity index (χ2v) is 23.7. The molecule has 0 spiro atoms. The van der Waals surface area contributed by atoms with E-state index in [9.17, 15) is 47.7 Å². The molecule has 3 heterocycles. The number of aliphatic hydroxyl groups is 3. The molecule has 20 heteroatoms. The normalized spacial score (nSPS) is 35.2. The fraction of sp³-hybridized carbons (Fsp3) is 0.772. The third-order valence-corrected chi connectivity index (χ3v) is 17.2. The molecule has 3 aliphatic heterocycles. The number of amides is 1. The summed E-state index contributed by atoms with van der Waals surface area (Å²) in [7, 11) is 0.542. The second-order valence-electron chi connectivity index (χ2n) is 21.8. The van der Waals surface area contributed by atoms with Crippen LogP contribution >= 0.6 is 0 Å². The number of cyclic esters (lactones) is 1. The number of ketones is 3. The third-order valence-electron chi connectivity index (χ3n) is 15.9. The van der Waals surface area contributed by atoms with Gasteiger partial charge in [-0.3, -0.25) is 19.2 Å².